The number of nitrogens with zero attached hydrogens (tertiary/aromatic N) is 3. The van der Waals surface area contributed by atoms with Gasteiger partial charge in [-0.1, -0.05) is 0 Å². The lowest BCUT2D eigenvalue weighted by atomic mass is 10.1. The van der Waals surface area contributed by atoms with Crippen molar-refractivity contribution in [3.63, 3.8) is 0 Å². The molecule has 0 bridgehead atoms. The van der Waals surface area contributed by atoms with Crippen LogP contribution in [0.4, 0.5) is 0 Å². The van der Waals surface area contributed by atoms with Crippen LogP contribution >= 0.6 is 0 Å². The average molecular weight is 328 g/mol. The van der Waals surface area contributed by atoms with E-state index in [4.69, 9.17) is 4.42 Å². The van der Waals surface area contributed by atoms with Gasteiger partial charge in [0.1, 0.15) is 23.2 Å². The summed E-state index contributed by atoms with van der Waals surface area (Å²) in [4.78, 5) is 12.6. The zero-order valence-corrected chi connectivity index (χ0v) is 13.6. The zero-order valence-electron chi connectivity index (χ0n) is 13.6. The fraction of sp³-hybridized carbons (Fsp3) is 0.294. The smallest absolute Gasteiger partial charge is 0.256 e. The van der Waals surface area contributed by atoms with Crippen LogP contribution in [0.2, 0.25) is 0 Å². The molecule has 0 fully saturated rings. The Bertz CT molecular complexity index is 790. The lowest BCUT2D eigenvalue weighted by molar-refractivity contribution is 0.0903. The summed E-state index contributed by atoms with van der Waals surface area (Å²) in [6.07, 6.45) is 6.38. The first-order valence-electron chi connectivity index (χ1n) is 7.74. The first-order chi connectivity index (χ1) is 11.6. The van der Waals surface area contributed by atoms with E-state index in [1.165, 1.54) is 6.26 Å². The summed E-state index contributed by atoms with van der Waals surface area (Å²) in [5.74, 6) is 0.952. The zero-order chi connectivity index (χ0) is 17.1. The van der Waals surface area contributed by atoms with Crippen LogP contribution in [0.25, 0.3) is 5.82 Å². The third-order valence-electron chi connectivity index (χ3n) is 3.83. The van der Waals surface area contributed by atoms with Gasteiger partial charge >= 0.3 is 0 Å². The average Bonchev–Trinajstić information content (AvgIpc) is 3.28. The molecule has 126 valence electrons. The predicted molar refractivity (Wildman–Crippen MR) is 87.7 cm³/mol. The molecular formula is C17H20N4O3. The fourth-order valence-corrected chi connectivity index (χ4v) is 2.67. The Kier molecular flexibility index (Phi) is 4.52. The Labute approximate surface area is 139 Å². The summed E-state index contributed by atoms with van der Waals surface area (Å²) < 4.78 is 8.67. The number of furan rings is 1. The molecule has 2 N–H and O–H groups in total. The minimum absolute atomic E-state index is 0.227. The number of rotatable bonds is 6. The van der Waals surface area contributed by atoms with E-state index in [2.05, 4.69) is 10.4 Å². The van der Waals surface area contributed by atoms with Crippen LogP contribution in [0.15, 0.2) is 53.5 Å². The van der Waals surface area contributed by atoms with Crippen molar-refractivity contribution in [2.75, 3.05) is 0 Å². The van der Waals surface area contributed by atoms with E-state index in [1.54, 1.807) is 30.1 Å². The van der Waals surface area contributed by atoms with Crippen molar-refractivity contribution in [3.05, 3.63) is 60.4 Å². The number of hydrogen-bond donors (Lipinski definition) is 2. The number of hydrogen-bond acceptors (Lipinski definition) is 4. The van der Waals surface area contributed by atoms with Gasteiger partial charge in [-0.3, -0.25) is 9.48 Å². The highest BCUT2D eigenvalue weighted by Crippen LogP contribution is 2.19. The van der Waals surface area contributed by atoms with Crippen LogP contribution in [0.5, 0.6) is 0 Å². The predicted octanol–water partition coefficient (Wildman–Crippen LogP) is 2.05. The number of aliphatic hydroxyl groups is 1. The van der Waals surface area contributed by atoms with Crippen LogP contribution in [0.3, 0.4) is 0 Å². The second-order valence-corrected chi connectivity index (χ2v) is 5.74. The van der Waals surface area contributed by atoms with Crippen molar-refractivity contribution < 1.29 is 14.3 Å². The monoisotopic (exact) mass is 328 g/mol. The Morgan fingerprint density at radius 1 is 1.38 bits per heavy atom. The van der Waals surface area contributed by atoms with Gasteiger partial charge in [0.2, 0.25) is 0 Å². The van der Waals surface area contributed by atoms with Gasteiger partial charge in [0, 0.05) is 31.9 Å². The summed E-state index contributed by atoms with van der Waals surface area (Å²) in [7, 11) is 1.79. The summed E-state index contributed by atoms with van der Waals surface area (Å²) in [5, 5.41) is 17.2. The topological polar surface area (TPSA) is 85.2 Å². The molecule has 3 heterocycles. The molecule has 24 heavy (non-hydrogen) atoms. The highest BCUT2D eigenvalue weighted by atomic mass is 16.4. The molecule has 1 amide bonds. The highest BCUT2D eigenvalue weighted by Gasteiger charge is 2.21. The van der Waals surface area contributed by atoms with Gasteiger partial charge in [-0.25, -0.2) is 0 Å². The molecular weight excluding hydrogens is 308 g/mol. The summed E-state index contributed by atoms with van der Waals surface area (Å²) in [5.41, 5.74) is 0.480. The van der Waals surface area contributed by atoms with E-state index >= 15 is 0 Å². The van der Waals surface area contributed by atoms with E-state index in [0.717, 1.165) is 0 Å². The normalized spacial score (nSPS) is 13.6. The Hall–Kier alpha value is -2.80. The molecule has 0 aromatic carbocycles. The van der Waals surface area contributed by atoms with Gasteiger partial charge < -0.3 is 19.4 Å². The minimum atomic E-state index is -0.756. The second-order valence-electron chi connectivity index (χ2n) is 5.74. The van der Waals surface area contributed by atoms with Crippen molar-refractivity contribution in [1.29, 1.82) is 0 Å². The SMILES string of the molecule is CC(CC(O)c1ccco1)NC(=O)c1cnn(C)c1-n1cccc1. The Morgan fingerprint density at radius 2 is 2.12 bits per heavy atom. The van der Waals surface area contributed by atoms with Gasteiger partial charge in [0.15, 0.2) is 0 Å². The molecule has 3 aromatic heterocycles. The van der Waals surface area contributed by atoms with E-state index in [0.29, 0.717) is 23.6 Å². The number of amides is 1. The maximum absolute atomic E-state index is 12.6. The molecule has 7 heteroatoms. The van der Waals surface area contributed by atoms with Crippen LogP contribution in [-0.2, 0) is 7.05 Å². The van der Waals surface area contributed by atoms with Crippen molar-refractivity contribution in [2.24, 2.45) is 7.05 Å². The van der Waals surface area contributed by atoms with Crippen LogP contribution in [0, 0.1) is 0 Å². The van der Waals surface area contributed by atoms with E-state index < -0.39 is 6.10 Å². The van der Waals surface area contributed by atoms with Crippen molar-refractivity contribution in [3.8, 4) is 5.82 Å². The molecule has 3 aromatic rings. The van der Waals surface area contributed by atoms with Gasteiger partial charge in [0.05, 0.1) is 12.5 Å². The maximum atomic E-state index is 12.6. The van der Waals surface area contributed by atoms with Crippen LogP contribution < -0.4 is 5.32 Å². The lowest BCUT2D eigenvalue weighted by Gasteiger charge is -2.17. The molecule has 3 rings (SSSR count). The van der Waals surface area contributed by atoms with Gasteiger partial charge in [-0.05, 0) is 31.2 Å². The summed E-state index contributed by atoms with van der Waals surface area (Å²) >= 11 is 0. The van der Waals surface area contributed by atoms with E-state index in [9.17, 15) is 9.90 Å². The first-order valence-corrected chi connectivity index (χ1v) is 7.74. The lowest BCUT2D eigenvalue weighted by Crippen LogP contribution is -2.34. The van der Waals surface area contributed by atoms with Crippen LogP contribution in [0.1, 0.15) is 35.6 Å². The second kappa shape index (κ2) is 6.76. The number of aryl methyl sites for hydroxylation is 1. The number of carbonyl (C=O) groups is 1. The van der Waals surface area contributed by atoms with Crippen LogP contribution in [-0.4, -0.2) is 31.4 Å². The molecule has 7 nitrogen and oxygen atoms in total. The van der Waals surface area contributed by atoms with Crippen molar-refractivity contribution >= 4 is 5.91 Å². The Morgan fingerprint density at radius 3 is 2.79 bits per heavy atom. The molecule has 0 radical (unpaired) electrons. The minimum Gasteiger partial charge on any atom is -0.467 e. The van der Waals surface area contributed by atoms with Gasteiger partial charge in [0.25, 0.3) is 5.91 Å². The number of aliphatic hydroxyl groups excluding tert-OH is 1. The van der Waals surface area contributed by atoms with Crippen molar-refractivity contribution in [2.45, 2.75) is 25.5 Å². The molecule has 2 unspecified atom stereocenters. The van der Waals surface area contributed by atoms with Gasteiger partial charge in [-0.15, -0.1) is 0 Å². The first kappa shape index (κ1) is 16.1. The Balaban J connectivity index is 1.69. The molecule has 0 saturated carbocycles. The summed E-state index contributed by atoms with van der Waals surface area (Å²) in [6.45, 7) is 1.84. The number of aromatic nitrogens is 3. The van der Waals surface area contributed by atoms with Crippen molar-refractivity contribution in [1.82, 2.24) is 19.7 Å². The summed E-state index contributed by atoms with van der Waals surface area (Å²) in [6, 6.07) is 6.98. The number of carbonyl (C=O) groups excluding carboxylic acids is 1. The van der Waals surface area contributed by atoms with E-state index in [-0.39, 0.29) is 11.9 Å². The third-order valence-corrected chi connectivity index (χ3v) is 3.83. The number of nitrogens with one attached hydrogen (secondary N) is 1. The van der Waals surface area contributed by atoms with Gasteiger partial charge in [-0.2, -0.15) is 5.10 Å². The molecule has 0 aliphatic carbocycles. The molecule has 0 aliphatic rings. The molecule has 0 spiro atoms. The quantitative estimate of drug-likeness (QED) is 0.725. The fourth-order valence-electron chi connectivity index (χ4n) is 2.67. The largest absolute Gasteiger partial charge is 0.467 e. The molecule has 0 saturated heterocycles. The molecule has 2 atom stereocenters. The standard InChI is InChI=1S/C17H20N4O3/c1-12(10-14(22)15-6-5-9-24-15)19-16(23)13-11-18-20(2)17(13)21-7-3-4-8-21/h3-9,11-12,14,22H,10H2,1-2H3,(H,19,23). The highest BCUT2D eigenvalue weighted by molar-refractivity contribution is 5.97. The maximum Gasteiger partial charge on any atom is 0.256 e. The van der Waals surface area contributed by atoms with E-state index in [1.807, 2.05) is 36.0 Å². The third kappa shape index (κ3) is 3.26. The molecule has 0 aliphatic heterocycles.